The molecule has 1 aromatic carbocycles. The van der Waals surface area contributed by atoms with E-state index < -0.39 is 0 Å². The van der Waals surface area contributed by atoms with Crippen LogP contribution in [0.1, 0.15) is 28.9 Å². The molecule has 20 heavy (non-hydrogen) atoms. The molecule has 0 bridgehead atoms. The van der Waals surface area contributed by atoms with Crippen LogP contribution in [0.2, 0.25) is 0 Å². The molecule has 0 fully saturated rings. The highest BCUT2D eigenvalue weighted by atomic mass is 16.3. The largest absolute Gasteiger partial charge is 0.395 e. The van der Waals surface area contributed by atoms with Gasteiger partial charge in [-0.2, -0.15) is 0 Å². The Morgan fingerprint density at radius 2 is 2.05 bits per heavy atom. The van der Waals surface area contributed by atoms with Gasteiger partial charge in [-0.15, -0.1) is 0 Å². The van der Waals surface area contributed by atoms with E-state index in [0.717, 1.165) is 48.0 Å². The summed E-state index contributed by atoms with van der Waals surface area (Å²) in [6, 6.07) is 8.11. The molecule has 2 aromatic rings. The number of carbonyl (C=O) groups is 1. The van der Waals surface area contributed by atoms with Crippen LogP contribution in [0, 0.1) is 0 Å². The van der Waals surface area contributed by atoms with Gasteiger partial charge in [0.25, 0.3) is 5.91 Å². The van der Waals surface area contributed by atoms with Gasteiger partial charge >= 0.3 is 0 Å². The van der Waals surface area contributed by atoms with Crippen molar-refractivity contribution in [1.29, 1.82) is 0 Å². The minimum atomic E-state index is 0.0438. The first-order valence-corrected chi connectivity index (χ1v) is 7.20. The second-order valence-electron chi connectivity index (χ2n) is 5.40. The van der Waals surface area contributed by atoms with Crippen molar-refractivity contribution in [2.75, 3.05) is 20.2 Å². The van der Waals surface area contributed by atoms with Gasteiger partial charge in [-0.1, -0.05) is 18.2 Å². The fourth-order valence-corrected chi connectivity index (χ4v) is 3.14. The van der Waals surface area contributed by atoms with Gasteiger partial charge in [0.2, 0.25) is 0 Å². The zero-order chi connectivity index (χ0) is 14.1. The third-order valence-corrected chi connectivity index (χ3v) is 4.12. The molecule has 0 atom stereocenters. The molecule has 1 amide bonds. The third-order valence-electron chi connectivity index (χ3n) is 4.12. The van der Waals surface area contributed by atoms with Gasteiger partial charge in [0, 0.05) is 31.0 Å². The first-order valence-electron chi connectivity index (χ1n) is 7.20. The summed E-state index contributed by atoms with van der Waals surface area (Å²) < 4.78 is 1.98. The Balaban J connectivity index is 2.28. The van der Waals surface area contributed by atoms with E-state index in [0.29, 0.717) is 6.54 Å². The molecule has 0 unspecified atom stereocenters. The highest BCUT2D eigenvalue weighted by Gasteiger charge is 2.25. The molecule has 3 rings (SSSR count). The number of amides is 1. The van der Waals surface area contributed by atoms with Crippen molar-refractivity contribution in [3.63, 3.8) is 0 Å². The number of fused-ring (bicyclic) bond motifs is 3. The summed E-state index contributed by atoms with van der Waals surface area (Å²) in [4.78, 5) is 14.5. The fourth-order valence-electron chi connectivity index (χ4n) is 3.14. The van der Waals surface area contributed by atoms with Crippen LogP contribution in [0.15, 0.2) is 24.3 Å². The van der Waals surface area contributed by atoms with Crippen molar-refractivity contribution in [2.24, 2.45) is 0 Å². The summed E-state index contributed by atoms with van der Waals surface area (Å²) in [6.45, 7) is 1.32. The maximum atomic E-state index is 12.7. The predicted octanol–water partition coefficient (Wildman–Crippen LogP) is 2.04. The minimum absolute atomic E-state index is 0.0438. The minimum Gasteiger partial charge on any atom is -0.395 e. The Labute approximate surface area is 118 Å². The number of aryl methyl sites for hydroxylation is 1. The average Bonchev–Trinajstić information content (AvgIpc) is 2.76. The van der Waals surface area contributed by atoms with Crippen molar-refractivity contribution in [3.05, 3.63) is 35.5 Å². The molecular formula is C16H20N2O2. The maximum Gasteiger partial charge on any atom is 0.270 e. The van der Waals surface area contributed by atoms with Gasteiger partial charge in [-0.3, -0.25) is 4.79 Å². The van der Waals surface area contributed by atoms with Gasteiger partial charge in [-0.25, -0.2) is 0 Å². The molecule has 106 valence electrons. The van der Waals surface area contributed by atoms with E-state index in [4.69, 9.17) is 0 Å². The molecule has 1 aliphatic rings. The molecule has 4 heteroatoms. The number of carbonyl (C=O) groups excluding carboxylic acids is 1. The zero-order valence-corrected chi connectivity index (χ0v) is 11.8. The van der Waals surface area contributed by atoms with E-state index in [1.807, 2.05) is 29.8 Å². The lowest BCUT2D eigenvalue weighted by atomic mass is 10.0. The number of para-hydroxylation sites is 1. The Kier molecular flexibility index (Phi) is 3.49. The van der Waals surface area contributed by atoms with Crippen molar-refractivity contribution in [2.45, 2.75) is 25.8 Å². The topological polar surface area (TPSA) is 45.5 Å². The first-order chi connectivity index (χ1) is 9.74. The number of hydrogen-bond acceptors (Lipinski definition) is 2. The van der Waals surface area contributed by atoms with Crippen LogP contribution in [0.5, 0.6) is 0 Å². The number of aliphatic hydroxyl groups is 1. The van der Waals surface area contributed by atoms with E-state index in [-0.39, 0.29) is 12.5 Å². The van der Waals surface area contributed by atoms with Crippen molar-refractivity contribution < 1.29 is 9.90 Å². The molecule has 1 N–H and O–H groups in total. The summed E-state index contributed by atoms with van der Waals surface area (Å²) >= 11 is 0. The van der Waals surface area contributed by atoms with Gasteiger partial charge in [-0.05, 0) is 30.9 Å². The van der Waals surface area contributed by atoms with Crippen LogP contribution >= 0.6 is 0 Å². The molecule has 2 heterocycles. The van der Waals surface area contributed by atoms with Crippen LogP contribution in [-0.2, 0) is 13.0 Å². The normalized spacial score (nSPS) is 16.1. The van der Waals surface area contributed by atoms with Crippen molar-refractivity contribution in [3.8, 4) is 0 Å². The molecule has 1 aliphatic heterocycles. The van der Waals surface area contributed by atoms with E-state index >= 15 is 0 Å². The van der Waals surface area contributed by atoms with Crippen LogP contribution in [-0.4, -0.2) is 40.7 Å². The second-order valence-corrected chi connectivity index (χ2v) is 5.40. The lowest BCUT2D eigenvalue weighted by molar-refractivity contribution is 0.0776. The Morgan fingerprint density at radius 3 is 2.85 bits per heavy atom. The fraction of sp³-hybridized carbons (Fsp3) is 0.438. The highest BCUT2D eigenvalue weighted by Crippen LogP contribution is 2.29. The lowest BCUT2D eigenvalue weighted by Crippen LogP contribution is -2.32. The molecule has 0 radical (unpaired) electrons. The van der Waals surface area contributed by atoms with E-state index in [9.17, 15) is 9.90 Å². The maximum absolute atomic E-state index is 12.7. The summed E-state index contributed by atoms with van der Waals surface area (Å²) in [5.41, 5.74) is 2.96. The number of aromatic nitrogens is 1. The average molecular weight is 272 g/mol. The molecule has 0 aliphatic carbocycles. The number of nitrogens with zero attached hydrogens (tertiary/aromatic N) is 2. The number of rotatable bonds is 2. The third kappa shape index (κ3) is 2.00. The van der Waals surface area contributed by atoms with Crippen LogP contribution < -0.4 is 0 Å². The van der Waals surface area contributed by atoms with Crippen molar-refractivity contribution >= 4 is 16.8 Å². The number of hydrogen-bond donors (Lipinski definition) is 1. The van der Waals surface area contributed by atoms with Gasteiger partial charge in [0.05, 0.1) is 6.61 Å². The van der Waals surface area contributed by atoms with Gasteiger partial charge in [0.1, 0.15) is 5.69 Å². The standard InChI is InChI=1S/C16H20N2O2/c1-17-9-5-4-7-13-12-6-2-3-8-14(12)18(10-11-19)15(13)16(17)20/h2-3,6,8,19H,4-5,7,9-11H2,1H3. The van der Waals surface area contributed by atoms with Crippen molar-refractivity contribution in [1.82, 2.24) is 9.47 Å². The molecule has 4 nitrogen and oxygen atoms in total. The summed E-state index contributed by atoms with van der Waals surface area (Å²) in [6.07, 6.45) is 3.08. The smallest absolute Gasteiger partial charge is 0.270 e. The molecule has 1 aromatic heterocycles. The first kappa shape index (κ1) is 13.2. The van der Waals surface area contributed by atoms with E-state index in [2.05, 4.69) is 6.07 Å². The van der Waals surface area contributed by atoms with Gasteiger partial charge < -0.3 is 14.6 Å². The lowest BCUT2D eigenvalue weighted by Gasteiger charge is -2.22. The predicted molar refractivity (Wildman–Crippen MR) is 78.9 cm³/mol. The quantitative estimate of drug-likeness (QED) is 0.909. The Hall–Kier alpha value is -1.81. The summed E-state index contributed by atoms with van der Waals surface area (Å²) in [7, 11) is 1.86. The summed E-state index contributed by atoms with van der Waals surface area (Å²) in [5, 5.41) is 10.5. The van der Waals surface area contributed by atoms with E-state index in [1.54, 1.807) is 4.90 Å². The molecular weight excluding hydrogens is 252 g/mol. The Bertz CT molecular complexity index is 612. The second kappa shape index (κ2) is 5.29. The number of benzene rings is 1. The Morgan fingerprint density at radius 1 is 1.25 bits per heavy atom. The SMILES string of the molecule is CN1CCCCc2c(n(CCO)c3ccccc23)C1=O. The van der Waals surface area contributed by atoms with Crippen LogP contribution in [0.3, 0.4) is 0 Å². The summed E-state index contributed by atoms with van der Waals surface area (Å²) in [5.74, 6) is 0.0735. The number of aliphatic hydroxyl groups excluding tert-OH is 1. The monoisotopic (exact) mass is 272 g/mol. The van der Waals surface area contributed by atoms with Gasteiger partial charge in [0.15, 0.2) is 0 Å². The molecule has 0 saturated heterocycles. The highest BCUT2D eigenvalue weighted by molar-refractivity contribution is 6.01. The van der Waals surface area contributed by atoms with Crippen LogP contribution in [0.25, 0.3) is 10.9 Å². The molecule has 0 spiro atoms. The van der Waals surface area contributed by atoms with Crippen LogP contribution in [0.4, 0.5) is 0 Å². The zero-order valence-electron chi connectivity index (χ0n) is 11.8. The van der Waals surface area contributed by atoms with E-state index in [1.165, 1.54) is 0 Å². The molecule has 0 saturated carbocycles.